The second-order valence-electron chi connectivity index (χ2n) is 5.10. The Morgan fingerprint density at radius 1 is 1.29 bits per heavy atom. The van der Waals surface area contributed by atoms with E-state index in [-0.39, 0.29) is 36.5 Å². The summed E-state index contributed by atoms with van der Waals surface area (Å²) in [5.41, 5.74) is 1.09. The molecule has 0 spiro atoms. The van der Waals surface area contributed by atoms with E-state index in [2.05, 4.69) is 25.8 Å². The van der Waals surface area contributed by atoms with E-state index in [4.69, 9.17) is 4.52 Å². The molecule has 24 heavy (non-hydrogen) atoms. The molecule has 1 aromatic carbocycles. The molecule has 0 saturated carbocycles. The summed E-state index contributed by atoms with van der Waals surface area (Å²) in [5.74, 6) is 1.72. The minimum atomic E-state index is 0. The molecule has 132 valence electrons. The Kier molecular flexibility index (Phi) is 9.31. The highest BCUT2D eigenvalue weighted by molar-refractivity contribution is 14.0. The number of halogens is 1. The third-order valence-corrected chi connectivity index (χ3v) is 3.29. The van der Waals surface area contributed by atoms with E-state index < -0.39 is 0 Å². The Bertz CT molecular complexity index is 618. The molecule has 0 amide bonds. The van der Waals surface area contributed by atoms with Crippen LogP contribution >= 0.6 is 24.0 Å². The van der Waals surface area contributed by atoms with E-state index in [1.54, 1.807) is 6.92 Å². The molecule has 0 aliphatic heterocycles. The molecule has 1 atom stereocenters. The average molecular weight is 445 g/mol. The van der Waals surface area contributed by atoms with Crippen molar-refractivity contribution in [1.82, 2.24) is 20.8 Å². The van der Waals surface area contributed by atoms with Crippen molar-refractivity contribution in [2.45, 2.75) is 26.3 Å². The van der Waals surface area contributed by atoms with Crippen molar-refractivity contribution in [3.05, 3.63) is 47.6 Å². The molecule has 7 nitrogen and oxygen atoms in total. The Balaban J connectivity index is 0.00000288. The van der Waals surface area contributed by atoms with Gasteiger partial charge in [0.15, 0.2) is 11.8 Å². The number of rotatable bonds is 7. The van der Waals surface area contributed by atoms with Gasteiger partial charge >= 0.3 is 0 Å². The number of guanidine groups is 1. The van der Waals surface area contributed by atoms with Crippen molar-refractivity contribution in [2.24, 2.45) is 4.99 Å². The molecule has 0 aliphatic carbocycles. The van der Waals surface area contributed by atoms with E-state index in [9.17, 15) is 5.11 Å². The molecular formula is C16H24IN5O2. The van der Waals surface area contributed by atoms with Gasteiger partial charge in [-0.2, -0.15) is 4.98 Å². The first kappa shape index (κ1) is 20.4. The highest BCUT2D eigenvalue weighted by Crippen LogP contribution is 2.13. The van der Waals surface area contributed by atoms with Gasteiger partial charge in [0.05, 0.1) is 6.61 Å². The van der Waals surface area contributed by atoms with Gasteiger partial charge < -0.3 is 20.3 Å². The number of hydrogen-bond acceptors (Lipinski definition) is 5. The van der Waals surface area contributed by atoms with Gasteiger partial charge in [0, 0.05) is 19.0 Å². The van der Waals surface area contributed by atoms with Crippen molar-refractivity contribution in [1.29, 1.82) is 0 Å². The molecule has 0 aliphatic rings. The molecule has 0 saturated heterocycles. The van der Waals surface area contributed by atoms with Crippen LogP contribution < -0.4 is 10.6 Å². The predicted octanol–water partition coefficient (Wildman–Crippen LogP) is 1.83. The number of benzene rings is 1. The normalized spacial score (nSPS) is 12.4. The molecule has 0 fully saturated rings. The van der Waals surface area contributed by atoms with Crippen molar-refractivity contribution in [3.63, 3.8) is 0 Å². The minimum absolute atomic E-state index is 0. The Hall–Kier alpha value is -1.68. The average Bonchev–Trinajstić information content (AvgIpc) is 2.99. The van der Waals surface area contributed by atoms with E-state index in [1.165, 1.54) is 0 Å². The molecule has 8 heteroatoms. The molecule has 3 N–H and O–H groups in total. The van der Waals surface area contributed by atoms with E-state index >= 15 is 0 Å². The van der Waals surface area contributed by atoms with Crippen LogP contribution in [-0.2, 0) is 6.54 Å². The molecule has 0 bridgehead atoms. The lowest BCUT2D eigenvalue weighted by Gasteiger charge is -2.17. The number of aromatic nitrogens is 2. The fraction of sp³-hybridized carbons (Fsp3) is 0.438. The van der Waals surface area contributed by atoms with Crippen LogP contribution in [0.25, 0.3) is 0 Å². The maximum absolute atomic E-state index is 9.60. The number of hydrogen-bond donors (Lipinski definition) is 3. The lowest BCUT2D eigenvalue weighted by atomic mass is 10.0. The summed E-state index contributed by atoms with van der Waals surface area (Å²) in [7, 11) is 0. The maximum atomic E-state index is 9.60. The minimum Gasteiger partial charge on any atom is -0.396 e. The monoisotopic (exact) mass is 445 g/mol. The maximum Gasteiger partial charge on any atom is 0.248 e. The Labute approximate surface area is 159 Å². The third-order valence-electron chi connectivity index (χ3n) is 3.29. The van der Waals surface area contributed by atoms with Crippen LogP contribution in [0.1, 0.15) is 30.1 Å². The van der Waals surface area contributed by atoms with Crippen molar-refractivity contribution in [2.75, 3.05) is 19.7 Å². The van der Waals surface area contributed by atoms with Gasteiger partial charge in [-0.15, -0.1) is 24.0 Å². The van der Waals surface area contributed by atoms with Crippen molar-refractivity contribution in [3.8, 4) is 0 Å². The van der Waals surface area contributed by atoms with E-state index in [0.29, 0.717) is 30.8 Å². The smallest absolute Gasteiger partial charge is 0.248 e. The SMILES string of the molecule is CCNC(=NCc1nc(C)no1)NCC(CO)c1ccccc1.I. The summed E-state index contributed by atoms with van der Waals surface area (Å²) in [5, 5.41) is 19.7. The zero-order valence-electron chi connectivity index (χ0n) is 13.9. The zero-order chi connectivity index (χ0) is 16.5. The molecule has 0 radical (unpaired) electrons. The summed E-state index contributed by atoms with van der Waals surface area (Å²) in [6.45, 7) is 5.46. The Morgan fingerprint density at radius 3 is 2.62 bits per heavy atom. The van der Waals surface area contributed by atoms with Gasteiger partial charge in [-0.05, 0) is 19.4 Å². The first-order chi connectivity index (χ1) is 11.2. The van der Waals surface area contributed by atoms with Crippen molar-refractivity contribution >= 4 is 29.9 Å². The van der Waals surface area contributed by atoms with Gasteiger partial charge in [-0.3, -0.25) is 0 Å². The zero-order valence-corrected chi connectivity index (χ0v) is 16.2. The quantitative estimate of drug-likeness (QED) is 0.342. The number of aliphatic imine (C=N–C) groups is 1. The van der Waals surface area contributed by atoms with E-state index in [0.717, 1.165) is 12.1 Å². The number of aryl methyl sites for hydroxylation is 1. The number of aliphatic hydroxyl groups excluding tert-OH is 1. The van der Waals surface area contributed by atoms with Crippen LogP contribution in [0.15, 0.2) is 39.8 Å². The molecular weight excluding hydrogens is 421 g/mol. The van der Waals surface area contributed by atoms with Gasteiger partial charge in [0.2, 0.25) is 5.89 Å². The molecule has 1 aromatic heterocycles. The van der Waals surface area contributed by atoms with Crippen molar-refractivity contribution < 1.29 is 9.63 Å². The van der Waals surface area contributed by atoms with Crippen LogP contribution in [0.4, 0.5) is 0 Å². The third kappa shape index (κ3) is 6.44. The number of nitrogens with zero attached hydrogens (tertiary/aromatic N) is 3. The van der Waals surface area contributed by atoms with Crippen LogP contribution in [0.3, 0.4) is 0 Å². The fourth-order valence-corrected chi connectivity index (χ4v) is 2.13. The first-order valence-corrected chi connectivity index (χ1v) is 7.70. The standard InChI is InChI=1S/C16H23N5O2.HI/c1-3-17-16(19-10-15-20-12(2)21-23-15)18-9-14(11-22)13-7-5-4-6-8-13;/h4-8,14,22H,3,9-11H2,1-2H3,(H2,17,18,19);1H. The summed E-state index contributed by atoms with van der Waals surface area (Å²) in [6.07, 6.45) is 0. The van der Waals surface area contributed by atoms with Gasteiger partial charge in [-0.25, -0.2) is 4.99 Å². The summed E-state index contributed by atoms with van der Waals surface area (Å²) in [6, 6.07) is 9.91. The topological polar surface area (TPSA) is 95.6 Å². The van der Waals surface area contributed by atoms with Crippen LogP contribution in [-0.4, -0.2) is 40.9 Å². The second-order valence-corrected chi connectivity index (χ2v) is 5.10. The predicted molar refractivity (Wildman–Crippen MR) is 104 cm³/mol. The molecule has 1 heterocycles. The van der Waals surface area contributed by atoms with Gasteiger partial charge in [0.1, 0.15) is 6.54 Å². The van der Waals surface area contributed by atoms with Crippen LogP contribution in [0.5, 0.6) is 0 Å². The second kappa shape index (κ2) is 11.0. The number of nitrogens with one attached hydrogen (secondary N) is 2. The Morgan fingerprint density at radius 2 is 2.04 bits per heavy atom. The summed E-state index contributed by atoms with van der Waals surface area (Å²) < 4.78 is 5.05. The summed E-state index contributed by atoms with van der Waals surface area (Å²) >= 11 is 0. The van der Waals surface area contributed by atoms with Crippen LogP contribution in [0.2, 0.25) is 0 Å². The molecule has 2 rings (SSSR count). The largest absolute Gasteiger partial charge is 0.396 e. The van der Waals surface area contributed by atoms with Gasteiger partial charge in [-0.1, -0.05) is 35.5 Å². The summed E-state index contributed by atoms with van der Waals surface area (Å²) in [4.78, 5) is 8.53. The van der Waals surface area contributed by atoms with Crippen LogP contribution in [0, 0.1) is 6.92 Å². The lowest BCUT2D eigenvalue weighted by Crippen LogP contribution is -2.39. The highest BCUT2D eigenvalue weighted by atomic mass is 127. The first-order valence-electron chi connectivity index (χ1n) is 7.70. The highest BCUT2D eigenvalue weighted by Gasteiger charge is 2.11. The molecule has 1 unspecified atom stereocenters. The lowest BCUT2D eigenvalue weighted by molar-refractivity contribution is 0.265. The number of aliphatic hydroxyl groups is 1. The fourth-order valence-electron chi connectivity index (χ4n) is 2.13. The molecule has 2 aromatic rings. The van der Waals surface area contributed by atoms with E-state index in [1.807, 2.05) is 37.3 Å². The van der Waals surface area contributed by atoms with Gasteiger partial charge in [0.25, 0.3) is 0 Å².